The molecule has 1 aromatic heterocycles. The highest BCUT2D eigenvalue weighted by Gasteiger charge is 2.43. The Bertz CT molecular complexity index is 1770. The van der Waals surface area contributed by atoms with E-state index < -0.39 is 40.3 Å². The number of rotatable bonds is 9. The lowest BCUT2D eigenvalue weighted by atomic mass is 9.90. The maximum Gasteiger partial charge on any atom is 0.265 e. The van der Waals surface area contributed by atoms with Gasteiger partial charge in [-0.3, -0.25) is 23.7 Å². The Kier molecular flexibility index (Phi) is 10.0. The highest BCUT2D eigenvalue weighted by Crippen LogP contribution is 2.39. The van der Waals surface area contributed by atoms with Crippen LogP contribution in [-0.4, -0.2) is 85.7 Å². The number of benzene rings is 2. The van der Waals surface area contributed by atoms with Crippen LogP contribution in [0, 0.1) is 13.8 Å². The van der Waals surface area contributed by atoms with Gasteiger partial charge < -0.3 is 20.4 Å². The Labute approximate surface area is 286 Å². The minimum absolute atomic E-state index is 0.0269. The van der Waals surface area contributed by atoms with Gasteiger partial charge in [0.05, 0.1) is 22.7 Å². The number of anilines is 2. The molecule has 0 aliphatic carbocycles. The molecule has 254 valence electrons. The third-order valence-corrected chi connectivity index (χ3v) is 11.9. The van der Waals surface area contributed by atoms with E-state index in [9.17, 15) is 22.8 Å². The lowest BCUT2D eigenvalue weighted by molar-refractivity contribution is -0.136. The van der Waals surface area contributed by atoms with Crippen LogP contribution in [0.4, 0.5) is 11.4 Å². The SMILES string of the molecule is Cc1cc(Cl)cc(C)c1S(=O)(=O)N1c2ccccc2NC(=O)C1CC(=O)NC(CN1CCC(c2ccncc2)CC1)C(=O)N1CCCC1. The van der Waals surface area contributed by atoms with Crippen molar-refractivity contribution in [3.63, 3.8) is 0 Å². The first-order valence-electron chi connectivity index (χ1n) is 16.4. The van der Waals surface area contributed by atoms with Crippen molar-refractivity contribution in [2.24, 2.45) is 0 Å². The summed E-state index contributed by atoms with van der Waals surface area (Å²) in [5.41, 5.74) is 2.68. The van der Waals surface area contributed by atoms with E-state index in [1.165, 1.54) is 5.56 Å². The van der Waals surface area contributed by atoms with Crippen molar-refractivity contribution >= 4 is 50.7 Å². The van der Waals surface area contributed by atoms with Crippen molar-refractivity contribution in [1.29, 1.82) is 0 Å². The zero-order valence-electron chi connectivity index (χ0n) is 27.2. The van der Waals surface area contributed by atoms with Crippen LogP contribution in [0.15, 0.2) is 65.8 Å². The molecule has 3 aliphatic rings. The average molecular weight is 693 g/mol. The molecule has 0 saturated carbocycles. The molecule has 3 aliphatic heterocycles. The number of aryl methyl sites for hydroxylation is 2. The van der Waals surface area contributed by atoms with Crippen molar-refractivity contribution in [2.75, 3.05) is 42.3 Å². The van der Waals surface area contributed by atoms with E-state index in [0.29, 0.717) is 47.4 Å². The third kappa shape index (κ3) is 7.06. The molecule has 48 heavy (non-hydrogen) atoms. The van der Waals surface area contributed by atoms with E-state index in [-0.39, 0.29) is 16.5 Å². The Hall–Kier alpha value is -4.00. The van der Waals surface area contributed by atoms with Gasteiger partial charge in [0.2, 0.25) is 17.7 Å². The highest BCUT2D eigenvalue weighted by atomic mass is 35.5. The van der Waals surface area contributed by atoms with E-state index in [4.69, 9.17) is 11.6 Å². The number of carbonyl (C=O) groups is 3. The Morgan fingerprint density at radius 1 is 1.00 bits per heavy atom. The summed E-state index contributed by atoms with van der Waals surface area (Å²) >= 11 is 6.22. The van der Waals surface area contributed by atoms with Crippen molar-refractivity contribution in [2.45, 2.75) is 68.8 Å². The zero-order chi connectivity index (χ0) is 34.0. The van der Waals surface area contributed by atoms with Gasteiger partial charge >= 0.3 is 0 Å². The summed E-state index contributed by atoms with van der Waals surface area (Å²) in [6.45, 7) is 6.41. The Morgan fingerprint density at radius 3 is 2.31 bits per heavy atom. The molecule has 2 N–H and O–H groups in total. The number of para-hydroxylation sites is 2. The number of carbonyl (C=O) groups excluding carboxylic acids is 3. The van der Waals surface area contributed by atoms with Gasteiger partial charge in [0.15, 0.2) is 0 Å². The van der Waals surface area contributed by atoms with Crippen molar-refractivity contribution in [3.8, 4) is 0 Å². The summed E-state index contributed by atoms with van der Waals surface area (Å²) in [7, 11) is -4.34. The summed E-state index contributed by atoms with van der Waals surface area (Å²) in [5, 5.41) is 6.09. The lowest BCUT2D eigenvalue weighted by Gasteiger charge is -2.38. The van der Waals surface area contributed by atoms with Gasteiger partial charge in [0, 0.05) is 37.1 Å². The average Bonchev–Trinajstić information content (AvgIpc) is 3.60. The van der Waals surface area contributed by atoms with Crippen molar-refractivity contribution in [3.05, 3.63) is 82.6 Å². The molecule has 2 saturated heterocycles. The van der Waals surface area contributed by atoms with E-state index in [0.717, 1.165) is 43.1 Å². The second kappa shape index (κ2) is 14.2. The van der Waals surface area contributed by atoms with Crippen molar-refractivity contribution < 1.29 is 22.8 Å². The molecule has 3 aromatic rings. The van der Waals surface area contributed by atoms with Crippen LogP contribution in [0.1, 0.15) is 54.7 Å². The molecular formula is C35H41ClN6O5S. The summed E-state index contributed by atoms with van der Waals surface area (Å²) in [6.07, 6.45) is 6.78. The number of hydrogen-bond donors (Lipinski definition) is 2. The van der Waals surface area contributed by atoms with E-state index >= 15 is 0 Å². The second-order valence-corrected chi connectivity index (χ2v) is 15.1. The number of amides is 3. The molecule has 0 bridgehead atoms. The molecule has 0 spiro atoms. The second-order valence-electron chi connectivity index (χ2n) is 12.9. The zero-order valence-corrected chi connectivity index (χ0v) is 28.8. The number of aromatic nitrogens is 1. The van der Waals surface area contributed by atoms with Gasteiger partial charge in [-0.05, 0) is 112 Å². The Balaban J connectivity index is 1.24. The molecule has 2 aromatic carbocycles. The quantitative estimate of drug-likeness (QED) is 0.343. The normalized spacial score (nSPS) is 19.5. The molecule has 2 unspecified atom stereocenters. The van der Waals surface area contributed by atoms with Crippen molar-refractivity contribution in [1.82, 2.24) is 20.1 Å². The first kappa shape index (κ1) is 33.9. The van der Waals surface area contributed by atoms with Gasteiger partial charge in [-0.25, -0.2) is 8.42 Å². The summed E-state index contributed by atoms with van der Waals surface area (Å²) in [4.78, 5) is 49.3. The van der Waals surface area contributed by atoms with Crippen LogP contribution in [-0.2, 0) is 24.4 Å². The highest BCUT2D eigenvalue weighted by molar-refractivity contribution is 7.93. The van der Waals surface area contributed by atoms with Crippen LogP contribution >= 0.6 is 11.6 Å². The number of piperidine rings is 1. The van der Waals surface area contributed by atoms with Crippen LogP contribution in [0.5, 0.6) is 0 Å². The molecule has 2 fully saturated rings. The number of fused-ring (bicyclic) bond motifs is 1. The summed E-state index contributed by atoms with van der Waals surface area (Å²) in [6, 6.07) is 11.6. The summed E-state index contributed by atoms with van der Waals surface area (Å²) < 4.78 is 29.9. The fourth-order valence-corrected chi connectivity index (χ4v) is 9.63. The number of nitrogens with zero attached hydrogens (tertiary/aromatic N) is 4. The standard InChI is InChI=1S/C35H41ClN6O5S/c1-23-19-27(36)20-24(2)33(23)48(46,47)42-30-8-4-3-7-28(30)39-34(44)31(42)21-32(43)38-29(35(45)41-15-5-6-16-41)22-40-17-11-26(12-18-40)25-9-13-37-14-10-25/h3-4,7-10,13-14,19-20,26,29,31H,5-6,11-12,15-18,21-22H2,1-2H3,(H,38,43)(H,39,44). The smallest absolute Gasteiger partial charge is 0.265 e. The largest absolute Gasteiger partial charge is 0.343 e. The van der Waals surface area contributed by atoms with Gasteiger partial charge in [0.1, 0.15) is 12.1 Å². The lowest BCUT2D eigenvalue weighted by Crippen LogP contribution is -2.57. The number of likely N-dealkylation sites (tertiary alicyclic amines) is 2. The first-order valence-corrected chi connectivity index (χ1v) is 18.3. The molecule has 3 amide bonds. The predicted molar refractivity (Wildman–Crippen MR) is 184 cm³/mol. The van der Waals surface area contributed by atoms with E-state index in [1.807, 2.05) is 12.1 Å². The number of nitrogens with one attached hydrogen (secondary N) is 2. The van der Waals surface area contributed by atoms with E-state index in [2.05, 4.69) is 20.5 Å². The van der Waals surface area contributed by atoms with Crippen LogP contribution in [0.2, 0.25) is 5.02 Å². The minimum atomic E-state index is -4.34. The van der Waals surface area contributed by atoms with Gasteiger partial charge in [-0.15, -0.1) is 0 Å². The molecule has 0 radical (unpaired) electrons. The van der Waals surface area contributed by atoms with E-state index in [1.54, 1.807) is 67.5 Å². The Morgan fingerprint density at radius 2 is 1.65 bits per heavy atom. The number of halogens is 1. The molecule has 6 rings (SSSR count). The van der Waals surface area contributed by atoms with Gasteiger partial charge in [-0.1, -0.05) is 23.7 Å². The molecule has 11 nitrogen and oxygen atoms in total. The van der Waals surface area contributed by atoms with Gasteiger partial charge in [0.25, 0.3) is 10.0 Å². The first-order chi connectivity index (χ1) is 23.0. The molecule has 2 atom stereocenters. The number of pyridine rings is 1. The monoisotopic (exact) mass is 692 g/mol. The van der Waals surface area contributed by atoms with Crippen LogP contribution in [0.25, 0.3) is 0 Å². The molecule has 13 heteroatoms. The maximum atomic E-state index is 14.4. The predicted octanol–water partition coefficient (Wildman–Crippen LogP) is 4.24. The summed E-state index contributed by atoms with van der Waals surface area (Å²) in [5.74, 6) is -0.964. The topological polar surface area (TPSA) is 132 Å². The minimum Gasteiger partial charge on any atom is -0.343 e. The van der Waals surface area contributed by atoms with Crippen LogP contribution < -0.4 is 14.9 Å². The van der Waals surface area contributed by atoms with Crippen LogP contribution in [0.3, 0.4) is 0 Å². The molecular weight excluding hydrogens is 652 g/mol. The number of sulfonamides is 1. The fraction of sp³-hybridized carbons (Fsp3) is 0.429. The fourth-order valence-electron chi connectivity index (χ4n) is 7.25. The van der Waals surface area contributed by atoms with Gasteiger partial charge in [-0.2, -0.15) is 0 Å². The third-order valence-electron chi connectivity index (χ3n) is 9.56. The maximum absolute atomic E-state index is 14.4. The molecule has 4 heterocycles. The number of hydrogen-bond acceptors (Lipinski definition) is 7.